The van der Waals surface area contributed by atoms with Crippen LogP contribution in [-0.4, -0.2) is 23.2 Å². The van der Waals surface area contributed by atoms with Crippen LogP contribution in [-0.2, 0) is 0 Å². The van der Waals surface area contributed by atoms with E-state index in [0.717, 1.165) is 11.1 Å². The first kappa shape index (κ1) is 8.41. The largest absolute Gasteiger partial charge is 0.488 e. The van der Waals surface area contributed by atoms with Gasteiger partial charge in [-0.15, -0.1) is 0 Å². The van der Waals surface area contributed by atoms with E-state index in [1.54, 1.807) is 18.4 Å². The SMILES string of the molecule is CC1=CC(B(O)O)=CC2=CN=N[C@@H]12. The summed E-state index contributed by atoms with van der Waals surface area (Å²) in [6.45, 7) is 1.90. The van der Waals surface area contributed by atoms with Crippen LogP contribution in [0.15, 0.2) is 45.2 Å². The average Bonchev–Trinajstić information content (AvgIpc) is 2.51. The van der Waals surface area contributed by atoms with E-state index >= 15 is 0 Å². The molecule has 0 fully saturated rings. The minimum absolute atomic E-state index is 0.0116. The van der Waals surface area contributed by atoms with Crippen molar-refractivity contribution in [3.8, 4) is 0 Å². The van der Waals surface area contributed by atoms with Gasteiger partial charge in [-0.3, -0.25) is 0 Å². The van der Waals surface area contributed by atoms with Gasteiger partial charge in [0.25, 0.3) is 0 Å². The summed E-state index contributed by atoms with van der Waals surface area (Å²) < 4.78 is 0. The predicted molar refractivity (Wildman–Crippen MR) is 48.8 cm³/mol. The normalized spacial score (nSPS) is 24.8. The van der Waals surface area contributed by atoms with E-state index in [0.29, 0.717) is 5.47 Å². The third-order valence-electron chi connectivity index (χ3n) is 2.16. The number of hydrogen-bond donors (Lipinski definition) is 2. The van der Waals surface area contributed by atoms with Crippen LogP contribution in [0.3, 0.4) is 0 Å². The Morgan fingerprint density at radius 3 is 2.85 bits per heavy atom. The van der Waals surface area contributed by atoms with Gasteiger partial charge >= 0.3 is 7.12 Å². The molecule has 0 aromatic carbocycles. The maximum atomic E-state index is 8.97. The first-order valence-electron chi connectivity index (χ1n) is 4.04. The van der Waals surface area contributed by atoms with Crippen molar-refractivity contribution in [2.45, 2.75) is 13.0 Å². The van der Waals surface area contributed by atoms with Crippen molar-refractivity contribution < 1.29 is 10.0 Å². The Hall–Kier alpha value is -1.20. The minimum Gasteiger partial charge on any atom is -0.423 e. The van der Waals surface area contributed by atoms with Crippen molar-refractivity contribution in [2.24, 2.45) is 10.2 Å². The number of hydrogen-bond acceptors (Lipinski definition) is 4. The van der Waals surface area contributed by atoms with Crippen LogP contribution in [0.1, 0.15) is 6.92 Å². The quantitative estimate of drug-likeness (QED) is 0.574. The van der Waals surface area contributed by atoms with Gasteiger partial charge in [0, 0.05) is 5.57 Å². The molecule has 4 nitrogen and oxygen atoms in total. The molecule has 0 saturated heterocycles. The molecule has 2 aliphatic rings. The highest BCUT2D eigenvalue weighted by Gasteiger charge is 2.25. The zero-order valence-electron chi connectivity index (χ0n) is 7.18. The predicted octanol–water partition coefficient (Wildman–Crippen LogP) is 0.603. The molecule has 1 heterocycles. The minimum atomic E-state index is -1.42. The summed E-state index contributed by atoms with van der Waals surface area (Å²) in [5.74, 6) is 0. The Labute approximate surface area is 76.1 Å². The molecule has 0 radical (unpaired) electrons. The van der Waals surface area contributed by atoms with Gasteiger partial charge in [0.05, 0.1) is 6.20 Å². The lowest BCUT2D eigenvalue weighted by atomic mass is 9.73. The topological polar surface area (TPSA) is 65.2 Å². The Bertz CT molecular complexity index is 355. The Morgan fingerprint density at radius 1 is 1.38 bits per heavy atom. The van der Waals surface area contributed by atoms with E-state index in [9.17, 15) is 0 Å². The Balaban J connectivity index is 2.37. The van der Waals surface area contributed by atoms with Gasteiger partial charge in [-0.1, -0.05) is 12.2 Å². The summed E-state index contributed by atoms with van der Waals surface area (Å²) in [6.07, 6.45) is 5.09. The van der Waals surface area contributed by atoms with E-state index < -0.39 is 7.12 Å². The van der Waals surface area contributed by atoms with Crippen LogP contribution in [0.2, 0.25) is 0 Å². The second kappa shape index (κ2) is 2.94. The Morgan fingerprint density at radius 2 is 2.15 bits per heavy atom. The molecule has 0 bridgehead atoms. The van der Waals surface area contributed by atoms with Crippen molar-refractivity contribution in [1.82, 2.24) is 0 Å². The molecule has 2 rings (SSSR count). The summed E-state index contributed by atoms with van der Waals surface area (Å²) in [5, 5.41) is 25.7. The molecule has 5 heteroatoms. The summed E-state index contributed by atoms with van der Waals surface area (Å²) in [6, 6.07) is -0.0116. The van der Waals surface area contributed by atoms with Crippen molar-refractivity contribution in [2.75, 3.05) is 0 Å². The number of fused-ring (bicyclic) bond motifs is 1. The lowest BCUT2D eigenvalue weighted by Crippen LogP contribution is -2.20. The molecule has 1 aliphatic heterocycles. The van der Waals surface area contributed by atoms with Crippen molar-refractivity contribution >= 4 is 7.12 Å². The number of allylic oxidation sites excluding steroid dienone is 2. The molecule has 0 amide bonds. The first-order chi connectivity index (χ1) is 6.18. The molecule has 0 spiro atoms. The highest BCUT2D eigenvalue weighted by atomic mass is 16.4. The zero-order valence-corrected chi connectivity index (χ0v) is 7.18. The second-order valence-corrected chi connectivity index (χ2v) is 3.17. The van der Waals surface area contributed by atoms with Gasteiger partial charge in [-0.05, 0) is 18.0 Å². The summed E-state index contributed by atoms with van der Waals surface area (Å²) in [7, 11) is -1.42. The molecular formula is C8H9BN2O2. The van der Waals surface area contributed by atoms with Gasteiger partial charge in [-0.2, -0.15) is 10.2 Å². The fourth-order valence-corrected chi connectivity index (χ4v) is 1.50. The van der Waals surface area contributed by atoms with Crippen LogP contribution < -0.4 is 0 Å². The van der Waals surface area contributed by atoms with E-state index in [4.69, 9.17) is 10.0 Å². The van der Waals surface area contributed by atoms with E-state index in [-0.39, 0.29) is 6.04 Å². The second-order valence-electron chi connectivity index (χ2n) is 3.17. The zero-order chi connectivity index (χ0) is 9.42. The van der Waals surface area contributed by atoms with Gasteiger partial charge in [0.1, 0.15) is 6.04 Å². The van der Waals surface area contributed by atoms with E-state index in [1.807, 2.05) is 6.92 Å². The molecular weight excluding hydrogens is 167 g/mol. The lowest BCUT2D eigenvalue weighted by molar-refractivity contribution is 0.420. The maximum absolute atomic E-state index is 8.97. The molecule has 13 heavy (non-hydrogen) atoms. The molecule has 0 aromatic heterocycles. The molecule has 0 unspecified atom stereocenters. The average molecular weight is 176 g/mol. The third kappa shape index (κ3) is 1.36. The molecule has 66 valence electrons. The van der Waals surface area contributed by atoms with Crippen molar-refractivity contribution in [3.05, 3.63) is 35.0 Å². The van der Waals surface area contributed by atoms with Gasteiger partial charge < -0.3 is 10.0 Å². The van der Waals surface area contributed by atoms with E-state index in [1.165, 1.54) is 0 Å². The smallest absolute Gasteiger partial charge is 0.423 e. The van der Waals surface area contributed by atoms with Crippen LogP contribution in [0.25, 0.3) is 0 Å². The van der Waals surface area contributed by atoms with Gasteiger partial charge in [-0.25, -0.2) is 0 Å². The number of nitrogens with zero attached hydrogens (tertiary/aromatic N) is 2. The Kier molecular flexibility index (Phi) is 1.90. The van der Waals surface area contributed by atoms with Gasteiger partial charge in [0.2, 0.25) is 0 Å². The first-order valence-corrected chi connectivity index (χ1v) is 4.04. The molecule has 0 saturated carbocycles. The van der Waals surface area contributed by atoms with Crippen molar-refractivity contribution in [1.29, 1.82) is 0 Å². The van der Waals surface area contributed by atoms with Crippen LogP contribution >= 0.6 is 0 Å². The van der Waals surface area contributed by atoms with Crippen LogP contribution in [0.5, 0.6) is 0 Å². The molecule has 1 aliphatic carbocycles. The molecule has 1 atom stereocenters. The highest BCUT2D eigenvalue weighted by Crippen LogP contribution is 2.29. The summed E-state index contributed by atoms with van der Waals surface area (Å²) in [4.78, 5) is 0. The van der Waals surface area contributed by atoms with Gasteiger partial charge in [0.15, 0.2) is 0 Å². The molecule has 0 aromatic rings. The van der Waals surface area contributed by atoms with E-state index in [2.05, 4.69) is 10.2 Å². The van der Waals surface area contributed by atoms with Crippen LogP contribution in [0.4, 0.5) is 0 Å². The monoisotopic (exact) mass is 176 g/mol. The maximum Gasteiger partial charge on any atom is 0.488 e. The van der Waals surface area contributed by atoms with Crippen LogP contribution in [0, 0.1) is 0 Å². The summed E-state index contributed by atoms with van der Waals surface area (Å²) >= 11 is 0. The molecule has 2 N–H and O–H groups in total. The lowest BCUT2D eigenvalue weighted by Gasteiger charge is -2.16. The standard InChI is InChI=1S/C8H9BN2O2/c1-5-2-7(9(12)13)3-6-4-10-11-8(5)6/h2-4,8,12-13H,1H3/t8-/m0/s1. The summed E-state index contributed by atoms with van der Waals surface area (Å²) in [5.41, 5.74) is 2.40. The number of rotatable bonds is 1. The highest BCUT2D eigenvalue weighted by molar-refractivity contribution is 6.52. The fraction of sp³-hybridized carbons (Fsp3) is 0.250. The van der Waals surface area contributed by atoms with Crippen molar-refractivity contribution in [3.63, 3.8) is 0 Å². The number of azo groups is 1. The third-order valence-corrected chi connectivity index (χ3v) is 2.16. The fourth-order valence-electron chi connectivity index (χ4n) is 1.50.